The molecule has 1 amide bonds. The van der Waals surface area contributed by atoms with Gasteiger partial charge >= 0.3 is 0 Å². The third-order valence-electron chi connectivity index (χ3n) is 4.16. The first-order valence-corrected chi connectivity index (χ1v) is 10.5. The Labute approximate surface area is 165 Å². The van der Waals surface area contributed by atoms with Gasteiger partial charge in [0.25, 0.3) is 5.91 Å². The smallest absolute Gasteiger partial charge is 0.279 e. The maximum Gasteiger partial charge on any atom is 0.279 e. The third-order valence-corrected chi connectivity index (χ3v) is 6.22. The number of fused-ring (bicyclic) bond motifs is 2. The highest BCUT2D eigenvalue weighted by atomic mass is 32.2. The van der Waals surface area contributed by atoms with Crippen molar-refractivity contribution in [2.24, 2.45) is 4.99 Å². The van der Waals surface area contributed by atoms with E-state index >= 15 is 0 Å². The van der Waals surface area contributed by atoms with Crippen LogP contribution in [0.2, 0.25) is 0 Å². The van der Waals surface area contributed by atoms with Crippen molar-refractivity contribution in [3.63, 3.8) is 0 Å². The molecule has 0 saturated carbocycles. The minimum absolute atomic E-state index is 0.232. The summed E-state index contributed by atoms with van der Waals surface area (Å²) in [7, 11) is 0. The molecule has 1 aliphatic rings. The maximum atomic E-state index is 12.7. The van der Waals surface area contributed by atoms with Crippen LogP contribution in [0.5, 0.6) is 11.5 Å². The molecule has 140 valence electrons. The molecule has 3 aromatic rings. The molecule has 1 aromatic heterocycles. The molecular formula is C20H20N2O3S2. The van der Waals surface area contributed by atoms with Crippen molar-refractivity contribution >= 4 is 39.2 Å². The highest BCUT2D eigenvalue weighted by molar-refractivity contribution is 7.99. The molecule has 7 heteroatoms. The Balaban J connectivity index is 1.70. The second-order valence-corrected chi connectivity index (χ2v) is 9.07. The number of hydrogen-bond donors (Lipinski definition) is 0. The van der Waals surface area contributed by atoms with Gasteiger partial charge in [-0.05, 0) is 31.2 Å². The molecule has 0 atom stereocenters. The Hall–Kier alpha value is -2.25. The molecule has 4 rings (SSSR count). The molecule has 0 spiro atoms. The average Bonchev–Trinajstić information content (AvgIpc) is 3.22. The second-order valence-electron chi connectivity index (χ2n) is 6.41. The highest BCUT2D eigenvalue weighted by Crippen LogP contribution is 2.37. The van der Waals surface area contributed by atoms with E-state index in [1.807, 2.05) is 47.9 Å². The van der Waals surface area contributed by atoms with Crippen molar-refractivity contribution in [2.45, 2.75) is 37.5 Å². The predicted molar refractivity (Wildman–Crippen MR) is 109 cm³/mol. The number of amides is 1. The Morgan fingerprint density at radius 2 is 1.93 bits per heavy atom. The summed E-state index contributed by atoms with van der Waals surface area (Å²) in [4.78, 5) is 18.9. The Morgan fingerprint density at radius 1 is 1.22 bits per heavy atom. The quantitative estimate of drug-likeness (QED) is 0.596. The summed E-state index contributed by atoms with van der Waals surface area (Å²) in [6, 6.07) is 11.6. The second kappa shape index (κ2) is 7.40. The zero-order valence-electron chi connectivity index (χ0n) is 15.4. The van der Waals surface area contributed by atoms with Crippen LogP contribution in [-0.2, 0) is 6.54 Å². The van der Waals surface area contributed by atoms with Gasteiger partial charge in [0.05, 0.1) is 10.2 Å². The lowest BCUT2D eigenvalue weighted by Gasteiger charge is -2.04. The monoisotopic (exact) mass is 400 g/mol. The molecule has 2 aromatic carbocycles. The van der Waals surface area contributed by atoms with Gasteiger partial charge in [-0.25, -0.2) is 0 Å². The van der Waals surface area contributed by atoms with Crippen molar-refractivity contribution in [2.75, 3.05) is 6.79 Å². The fourth-order valence-corrected chi connectivity index (χ4v) is 4.89. The summed E-state index contributed by atoms with van der Waals surface area (Å²) in [6.07, 6.45) is 0. The third kappa shape index (κ3) is 3.61. The number of hydrogen-bond acceptors (Lipinski definition) is 5. The molecule has 2 heterocycles. The van der Waals surface area contributed by atoms with Gasteiger partial charge in [0.2, 0.25) is 6.79 Å². The first kappa shape index (κ1) is 18.1. The standard InChI is InChI=1S/C20H20N2O3S2/c1-4-22-15-9-16-17(25-11-24-16)10-18(15)27-20(22)21-19(23)13-5-7-14(8-6-13)26-12(2)3/h5-10,12H,4,11H2,1-3H3. The van der Waals surface area contributed by atoms with E-state index in [9.17, 15) is 4.79 Å². The number of benzene rings is 2. The topological polar surface area (TPSA) is 52.8 Å². The van der Waals surface area contributed by atoms with Crippen molar-refractivity contribution in [3.8, 4) is 11.5 Å². The van der Waals surface area contributed by atoms with Crippen LogP contribution in [0.4, 0.5) is 0 Å². The molecule has 1 aliphatic heterocycles. The number of nitrogens with zero attached hydrogens (tertiary/aromatic N) is 2. The molecule has 0 N–H and O–H groups in total. The van der Waals surface area contributed by atoms with Crippen LogP contribution >= 0.6 is 23.1 Å². The number of rotatable bonds is 4. The Kier molecular flexibility index (Phi) is 4.97. The van der Waals surface area contributed by atoms with Crippen LogP contribution in [0.3, 0.4) is 0 Å². The van der Waals surface area contributed by atoms with E-state index in [1.54, 1.807) is 11.8 Å². The van der Waals surface area contributed by atoms with Crippen LogP contribution in [0, 0.1) is 0 Å². The van der Waals surface area contributed by atoms with Crippen LogP contribution in [0.15, 0.2) is 46.3 Å². The summed E-state index contributed by atoms with van der Waals surface area (Å²) in [5.41, 5.74) is 1.60. The molecule has 0 bridgehead atoms. The number of thioether (sulfide) groups is 1. The van der Waals surface area contributed by atoms with E-state index in [0.717, 1.165) is 33.2 Å². The zero-order chi connectivity index (χ0) is 19.0. The van der Waals surface area contributed by atoms with Crippen molar-refractivity contribution in [1.29, 1.82) is 0 Å². The summed E-state index contributed by atoms with van der Waals surface area (Å²) >= 11 is 3.26. The van der Waals surface area contributed by atoms with Gasteiger partial charge in [0.1, 0.15) is 0 Å². The van der Waals surface area contributed by atoms with E-state index in [2.05, 4.69) is 18.8 Å². The van der Waals surface area contributed by atoms with E-state index in [4.69, 9.17) is 9.47 Å². The fourth-order valence-electron chi connectivity index (χ4n) is 2.95. The fraction of sp³-hybridized carbons (Fsp3) is 0.300. The highest BCUT2D eigenvalue weighted by Gasteiger charge is 2.17. The molecule has 0 radical (unpaired) electrons. The molecule has 27 heavy (non-hydrogen) atoms. The summed E-state index contributed by atoms with van der Waals surface area (Å²) in [5, 5.41) is 0.507. The van der Waals surface area contributed by atoms with Crippen molar-refractivity contribution in [1.82, 2.24) is 4.57 Å². The number of aryl methyl sites for hydroxylation is 1. The molecule has 0 unspecified atom stereocenters. The molecule has 0 fully saturated rings. The van der Waals surface area contributed by atoms with E-state index in [0.29, 0.717) is 15.6 Å². The van der Waals surface area contributed by atoms with Crippen LogP contribution in [-0.4, -0.2) is 22.5 Å². The number of carbonyl (C=O) groups excluding carboxylic acids is 1. The number of carbonyl (C=O) groups is 1. The largest absolute Gasteiger partial charge is 0.454 e. The lowest BCUT2D eigenvalue weighted by Crippen LogP contribution is -2.15. The first-order chi connectivity index (χ1) is 13.0. The van der Waals surface area contributed by atoms with Gasteiger partial charge in [-0.3, -0.25) is 4.79 Å². The number of ether oxygens (including phenoxy) is 2. The Morgan fingerprint density at radius 3 is 2.59 bits per heavy atom. The first-order valence-electron chi connectivity index (χ1n) is 8.84. The average molecular weight is 401 g/mol. The number of aromatic nitrogens is 1. The van der Waals surface area contributed by atoms with E-state index < -0.39 is 0 Å². The lowest BCUT2D eigenvalue weighted by atomic mass is 10.2. The van der Waals surface area contributed by atoms with Crippen LogP contribution < -0.4 is 14.3 Å². The maximum absolute atomic E-state index is 12.7. The molecule has 0 saturated heterocycles. The van der Waals surface area contributed by atoms with Gasteiger partial charge in [0.15, 0.2) is 16.3 Å². The van der Waals surface area contributed by atoms with E-state index in [1.165, 1.54) is 11.3 Å². The molecule has 5 nitrogen and oxygen atoms in total. The normalized spacial score (nSPS) is 13.7. The van der Waals surface area contributed by atoms with Gasteiger partial charge in [-0.2, -0.15) is 4.99 Å². The number of thiazole rings is 1. The summed E-state index contributed by atoms with van der Waals surface area (Å²) in [6.45, 7) is 7.30. The van der Waals surface area contributed by atoms with Crippen LogP contribution in [0.25, 0.3) is 10.2 Å². The minimum atomic E-state index is -0.232. The molecular weight excluding hydrogens is 380 g/mol. The van der Waals surface area contributed by atoms with Gasteiger partial charge in [-0.15, -0.1) is 11.8 Å². The Bertz CT molecular complexity index is 1070. The van der Waals surface area contributed by atoms with Crippen LogP contribution in [0.1, 0.15) is 31.1 Å². The predicted octanol–water partition coefficient (Wildman–Crippen LogP) is 4.69. The van der Waals surface area contributed by atoms with Crippen molar-refractivity contribution in [3.05, 3.63) is 46.8 Å². The van der Waals surface area contributed by atoms with Crippen molar-refractivity contribution < 1.29 is 14.3 Å². The lowest BCUT2D eigenvalue weighted by molar-refractivity contribution is 0.0998. The minimum Gasteiger partial charge on any atom is -0.454 e. The zero-order valence-corrected chi connectivity index (χ0v) is 17.0. The molecule has 0 aliphatic carbocycles. The van der Waals surface area contributed by atoms with E-state index in [-0.39, 0.29) is 12.7 Å². The van der Waals surface area contributed by atoms with Gasteiger partial charge in [-0.1, -0.05) is 25.2 Å². The van der Waals surface area contributed by atoms with Gasteiger partial charge < -0.3 is 14.0 Å². The summed E-state index contributed by atoms with van der Waals surface area (Å²) < 4.78 is 14.0. The summed E-state index contributed by atoms with van der Waals surface area (Å²) in [5.74, 6) is 1.24. The van der Waals surface area contributed by atoms with Gasteiger partial charge in [0, 0.05) is 34.4 Å². The SMILES string of the molecule is CCn1c(=NC(=O)c2ccc(SC(C)C)cc2)sc2cc3c(cc21)OCO3.